The molecule has 7 nitrogen and oxygen atoms in total. The number of hydrogen-bond donors (Lipinski definition) is 2. The van der Waals surface area contributed by atoms with Gasteiger partial charge in [0.15, 0.2) is 11.5 Å². The lowest BCUT2D eigenvalue weighted by atomic mass is 10.3. The monoisotopic (exact) mass is 237 g/mol. The van der Waals surface area contributed by atoms with Gasteiger partial charge in [-0.25, -0.2) is 4.98 Å². The highest BCUT2D eigenvalue weighted by Gasteiger charge is 2.11. The lowest BCUT2D eigenvalue weighted by molar-refractivity contribution is 0.281. The van der Waals surface area contributed by atoms with Crippen LogP contribution in [0.15, 0.2) is 6.33 Å². The fourth-order valence-electron chi connectivity index (χ4n) is 1.59. The van der Waals surface area contributed by atoms with Gasteiger partial charge in [-0.1, -0.05) is 0 Å². The predicted octanol–water partition coefficient (Wildman–Crippen LogP) is 0.190. The first kappa shape index (κ1) is 11.6. The largest absolute Gasteiger partial charge is 0.467 e. The van der Waals surface area contributed by atoms with Crippen LogP contribution in [-0.2, 0) is 6.54 Å². The molecule has 3 N–H and O–H groups in total. The van der Waals surface area contributed by atoms with Gasteiger partial charge in [-0.15, -0.1) is 0 Å². The summed E-state index contributed by atoms with van der Waals surface area (Å²) >= 11 is 0. The summed E-state index contributed by atoms with van der Waals surface area (Å²) in [5, 5.41) is 8.74. The minimum atomic E-state index is 0.188. The predicted molar refractivity (Wildman–Crippen MR) is 62.6 cm³/mol. The van der Waals surface area contributed by atoms with Crippen molar-refractivity contribution in [2.45, 2.75) is 19.4 Å². The first-order valence-corrected chi connectivity index (χ1v) is 5.39. The van der Waals surface area contributed by atoms with E-state index in [2.05, 4.69) is 15.0 Å². The Morgan fingerprint density at radius 3 is 2.94 bits per heavy atom. The van der Waals surface area contributed by atoms with Crippen LogP contribution in [0.5, 0.6) is 6.01 Å². The molecular weight excluding hydrogens is 222 g/mol. The van der Waals surface area contributed by atoms with Crippen LogP contribution >= 0.6 is 0 Å². The summed E-state index contributed by atoms with van der Waals surface area (Å²) < 4.78 is 6.85. The lowest BCUT2D eigenvalue weighted by Gasteiger charge is -2.04. The van der Waals surface area contributed by atoms with Gasteiger partial charge in [-0.3, -0.25) is 0 Å². The molecule has 2 aromatic heterocycles. The molecule has 0 radical (unpaired) electrons. The average molecular weight is 237 g/mol. The maximum absolute atomic E-state index is 8.74. The van der Waals surface area contributed by atoms with E-state index in [4.69, 9.17) is 15.6 Å². The van der Waals surface area contributed by atoms with Crippen molar-refractivity contribution in [3.8, 4) is 6.01 Å². The van der Waals surface area contributed by atoms with Gasteiger partial charge >= 0.3 is 6.01 Å². The quantitative estimate of drug-likeness (QED) is 0.720. The third-order valence-corrected chi connectivity index (χ3v) is 2.46. The third kappa shape index (κ3) is 2.28. The molecule has 0 aliphatic carbocycles. The molecule has 0 saturated carbocycles. The van der Waals surface area contributed by atoms with E-state index in [9.17, 15) is 0 Å². The Hall–Kier alpha value is -1.89. The normalized spacial score (nSPS) is 10.9. The van der Waals surface area contributed by atoms with E-state index in [1.807, 2.05) is 4.57 Å². The number of ether oxygens (including phenoxy) is 1. The van der Waals surface area contributed by atoms with Gasteiger partial charge in [0.2, 0.25) is 0 Å². The lowest BCUT2D eigenvalue weighted by Crippen LogP contribution is -2.02. The molecular formula is C10H15N5O2. The molecule has 0 unspecified atom stereocenters. The molecule has 2 rings (SSSR count). The molecule has 0 aromatic carbocycles. The average Bonchev–Trinajstić information content (AvgIpc) is 2.73. The van der Waals surface area contributed by atoms with Crippen LogP contribution in [0.4, 0.5) is 5.82 Å². The number of methoxy groups -OCH3 is 1. The van der Waals surface area contributed by atoms with Gasteiger partial charge in [0, 0.05) is 13.2 Å². The number of aliphatic hydroxyl groups excluding tert-OH is 1. The zero-order valence-corrected chi connectivity index (χ0v) is 9.63. The standard InChI is InChI=1S/C10H15N5O2/c1-17-10-13-8(11)7-9(14-10)15(6-12-7)4-2-3-5-16/h6,16H,2-5H2,1H3,(H2,11,13,14). The van der Waals surface area contributed by atoms with E-state index in [-0.39, 0.29) is 12.6 Å². The van der Waals surface area contributed by atoms with Crippen molar-refractivity contribution in [2.24, 2.45) is 0 Å². The van der Waals surface area contributed by atoms with E-state index >= 15 is 0 Å². The molecule has 92 valence electrons. The molecule has 0 aliphatic rings. The van der Waals surface area contributed by atoms with Gasteiger partial charge in [-0.2, -0.15) is 9.97 Å². The molecule has 17 heavy (non-hydrogen) atoms. The molecule has 2 heterocycles. The minimum Gasteiger partial charge on any atom is -0.467 e. The Morgan fingerprint density at radius 2 is 2.24 bits per heavy atom. The number of aliphatic hydroxyl groups is 1. The number of nitrogens with two attached hydrogens (primary N) is 1. The Morgan fingerprint density at radius 1 is 1.41 bits per heavy atom. The fraction of sp³-hybridized carbons (Fsp3) is 0.500. The van der Waals surface area contributed by atoms with E-state index < -0.39 is 0 Å². The summed E-state index contributed by atoms with van der Waals surface area (Å²) in [7, 11) is 1.49. The van der Waals surface area contributed by atoms with Crippen LogP contribution in [-0.4, -0.2) is 38.3 Å². The summed E-state index contributed by atoms with van der Waals surface area (Å²) in [5.74, 6) is 0.313. The van der Waals surface area contributed by atoms with E-state index in [1.165, 1.54) is 7.11 Å². The number of nitrogen functional groups attached to an aromatic ring is 1. The van der Waals surface area contributed by atoms with Crippen molar-refractivity contribution in [1.29, 1.82) is 0 Å². The van der Waals surface area contributed by atoms with Gasteiger partial charge in [-0.05, 0) is 12.8 Å². The number of unbranched alkanes of at least 4 members (excludes halogenated alkanes) is 1. The number of imidazole rings is 1. The topological polar surface area (TPSA) is 99.1 Å². The molecule has 0 saturated heterocycles. The van der Waals surface area contributed by atoms with Crippen LogP contribution in [0.3, 0.4) is 0 Å². The second-order valence-electron chi connectivity index (χ2n) is 3.64. The third-order valence-electron chi connectivity index (χ3n) is 2.46. The molecule has 7 heteroatoms. The first-order valence-electron chi connectivity index (χ1n) is 5.39. The summed E-state index contributed by atoms with van der Waals surface area (Å²) in [5.41, 5.74) is 6.99. The van der Waals surface area contributed by atoms with Crippen molar-refractivity contribution in [3.05, 3.63) is 6.33 Å². The molecule has 2 aromatic rings. The maximum Gasteiger partial charge on any atom is 0.320 e. The van der Waals surface area contributed by atoms with E-state index in [0.29, 0.717) is 17.0 Å². The number of rotatable bonds is 5. The fourth-order valence-corrected chi connectivity index (χ4v) is 1.59. The van der Waals surface area contributed by atoms with Gasteiger partial charge in [0.25, 0.3) is 0 Å². The number of hydrogen-bond acceptors (Lipinski definition) is 6. The smallest absolute Gasteiger partial charge is 0.320 e. The molecule has 0 amide bonds. The zero-order valence-electron chi connectivity index (χ0n) is 9.63. The Balaban J connectivity index is 2.33. The minimum absolute atomic E-state index is 0.188. The number of fused-ring (bicyclic) bond motifs is 1. The maximum atomic E-state index is 8.74. The SMILES string of the molecule is COc1nc(N)c2ncn(CCCCO)c2n1. The Kier molecular flexibility index (Phi) is 3.38. The first-order chi connectivity index (χ1) is 8.26. The van der Waals surface area contributed by atoms with Crippen molar-refractivity contribution >= 4 is 17.0 Å². The van der Waals surface area contributed by atoms with Crippen molar-refractivity contribution < 1.29 is 9.84 Å². The highest BCUT2D eigenvalue weighted by atomic mass is 16.5. The summed E-state index contributed by atoms with van der Waals surface area (Å²) in [6.07, 6.45) is 3.28. The molecule has 0 bridgehead atoms. The number of nitrogens with zero attached hydrogens (tertiary/aromatic N) is 4. The van der Waals surface area contributed by atoms with Crippen LogP contribution in [0.1, 0.15) is 12.8 Å². The highest BCUT2D eigenvalue weighted by Crippen LogP contribution is 2.19. The van der Waals surface area contributed by atoms with Crippen molar-refractivity contribution in [1.82, 2.24) is 19.5 Å². The summed E-state index contributed by atoms with van der Waals surface area (Å²) in [6.45, 7) is 0.920. The summed E-state index contributed by atoms with van der Waals surface area (Å²) in [6, 6.07) is 0.235. The number of aryl methyl sites for hydroxylation is 1. The van der Waals surface area contributed by atoms with Crippen molar-refractivity contribution in [2.75, 3.05) is 19.5 Å². The Bertz CT molecular complexity index is 511. The molecule has 0 atom stereocenters. The molecule has 0 fully saturated rings. The van der Waals surface area contributed by atoms with Gasteiger partial charge < -0.3 is 20.1 Å². The van der Waals surface area contributed by atoms with Gasteiger partial charge in [0.05, 0.1) is 13.4 Å². The van der Waals surface area contributed by atoms with Crippen molar-refractivity contribution in [3.63, 3.8) is 0 Å². The van der Waals surface area contributed by atoms with Crippen LogP contribution in [0.25, 0.3) is 11.2 Å². The van der Waals surface area contributed by atoms with E-state index in [0.717, 1.165) is 19.4 Å². The molecule has 0 spiro atoms. The number of anilines is 1. The Labute approximate surface area is 98.3 Å². The van der Waals surface area contributed by atoms with Gasteiger partial charge in [0.1, 0.15) is 5.52 Å². The second kappa shape index (κ2) is 4.96. The highest BCUT2D eigenvalue weighted by molar-refractivity contribution is 5.81. The van der Waals surface area contributed by atoms with E-state index in [1.54, 1.807) is 6.33 Å². The molecule has 0 aliphatic heterocycles. The second-order valence-corrected chi connectivity index (χ2v) is 3.64. The van der Waals surface area contributed by atoms with Crippen LogP contribution in [0.2, 0.25) is 0 Å². The van der Waals surface area contributed by atoms with Crippen LogP contribution in [0, 0.1) is 0 Å². The summed E-state index contributed by atoms with van der Waals surface area (Å²) in [4.78, 5) is 12.3. The zero-order chi connectivity index (χ0) is 12.3. The number of aromatic nitrogens is 4. The van der Waals surface area contributed by atoms with Crippen LogP contribution < -0.4 is 10.5 Å².